The van der Waals surface area contributed by atoms with E-state index in [2.05, 4.69) is 5.32 Å². The maximum Gasteiger partial charge on any atom is 0.344 e. The first-order valence-electron chi connectivity index (χ1n) is 5.95. The largest absolute Gasteiger partial charge is 0.482 e. The van der Waals surface area contributed by atoms with Gasteiger partial charge in [0.05, 0.1) is 6.61 Å². The van der Waals surface area contributed by atoms with E-state index in [0.29, 0.717) is 6.61 Å². The van der Waals surface area contributed by atoms with Crippen molar-refractivity contribution in [1.29, 1.82) is 0 Å². The van der Waals surface area contributed by atoms with Crippen molar-refractivity contribution < 1.29 is 14.3 Å². The van der Waals surface area contributed by atoms with Crippen molar-refractivity contribution >= 4 is 11.7 Å². The number of ether oxygens (including phenoxy) is 2. The van der Waals surface area contributed by atoms with Crippen LogP contribution in [0.5, 0.6) is 5.75 Å². The van der Waals surface area contributed by atoms with Gasteiger partial charge in [-0.05, 0) is 43.5 Å². The van der Waals surface area contributed by atoms with Gasteiger partial charge in [-0.15, -0.1) is 0 Å². The smallest absolute Gasteiger partial charge is 0.344 e. The van der Waals surface area contributed by atoms with Crippen LogP contribution in [0.1, 0.15) is 18.9 Å². The summed E-state index contributed by atoms with van der Waals surface area (Å²) < 4.78 is 10.2. The summed E-state index contributed by atoms with van der Waals surface area (Å²) in [6, 6.07) is 5.85. The third-order valence-electron chi connectivity index (χ3n) is 2.68. The molecule has 1 aromatic carbocycles. The van der Waals surface area contributed by atoms with Crippen molar-refractivity contribution in [2.24, 2.45) is 0 Å². The lowest BCUT2D eigenvalue weighted by molar-refractivity contribution is -0.145. The number of esters is 1. The van der Waals surface area contributed by atoms with E-state index in [9.17, 15) is 4.79 Å². The second kappa shape index (κ2) is 5.57. The SMILES string of the molecule is CCOC(=O)COc1ccc2c(c1)CCCN2. The van der Waals surface area contributed by atoms with Crippen LogP contribution in [-0.2, 0) is 16.0 Å². The van der Waals surface area contributed by atoms with Gasteiger partial charge in [-0.1, -0.05) is 0 Å². The van der Waals surface area contributed by atoms with Crippen LogP contribution < -0.4 is 10.1 Å². The summed E-state index contributed by atoms with van der Waals surface area (Å²) in [6.45, 7) is 3.16. The van der Waals surface area contributed by atoms with Crippen LogP contribution in [0, 0.1) is 0 Å². The number of hydrogen-bond donors (Lipinski definition) is 1. The standard InChI is InChI=1S/C13H17NO3/c1-2-16-13(15)9-17-11-5-6-12-10(8-11)4-3-7-14-12/h5-6,8,14H,2-4,7,9H2,1H3. The Morgan fingerprint density at radius 1 is 1.47 bits per heavy atom. The molecule has 1 aliphatic rings. The maximum absolute atomic E-state index is 11.1. The summed E-state index contributed by atoms with van der Waals surface area (Å²) in [5.74, 6) is 0.392. The van der Waals surface area contributed by atoms with Gasteiger partial charge in [0.1, 0.15) is 5.75 Å². The highest BCUT2D eigenvalue weighted by Gasteiger charge is 2.10. The minimum absolute atomic E-state index is 0.0277. The van der Waals surface area contributed by atoms with E-state index in [1.807, 2.05) is 18.2 Å². The van der Waals surface area contributed by atoms with Crippen molar-refractivity contribution in [3.8, 4) is 5.75 Å². The van der Waals surface area contributed by atoms with Gasteiger partial charge < -0.3 is 14.8 Å². The fourth-order valence-electron chi connectivity index (χ4n) is 1.89. The predicted molar refractivity (Wildman–Crippen MR) is 65.4 cm³/mol. The zero-order valence-corrected chi connectivity index (χ0v) is 9.99. The first-order chi connectivity index (χ1) is 8.29. The summed E-state index contributed by atoms with van der Waals surface area (Å²) in [5.41, 5.74) is 2.41. The van der Waals surface area contributed by atoms with Gasteiger partial charge in [-0.2, -0.15) is 0 Å². The molecule has 0 saturated carbocycles. The van der Waals surface area contributed by atoms with Crippen LogP contribution in [0.2, 0.25) is 0 Å². The Morgan fingerprint density at radius 3 is 3.18 bits per heavy atom. The van der Waals surface area contributed by atoms with Crippen LogP contribution in [0.15, 0.2) is 18.2 Å². The number of anilines is 1. The van der Waals surface area contributed by atoms with Crippen molar-refractivity contribution in [3.63, 3.8) is 0 Å². The number of carbonyl (C=O) groups is 1. The van der Waals surface area contributed by atoms with Gasteiger partial charge in [0.15, 0.2) is 6.61 Å². The highest BCUT2D eigenvalue weighted by atomic mass is 16.6. The minimum Gasteiger partial charge on any atom is -0.482 e. The lowest BCUT2D eigenvalue weighted by atomic mass is 10.0. The molecule has 1 aromatic rings. The molecule has 0 saturated heterocycles. The Morgan fingerprint density at radius 2 is 2.35 bits per heavy atom. The molecule has 1 N–H and O–H groups in total. The molecule has 4 nitrogen and oxygen atoms in total. The number of rotatable bonds is 4. The molecule has 17 heavy (non-hydrogen) atoms. The number of fused-ring (bicyclic) bond motifs is 1. The first-order valence-corrected chi connectivity index (χ1v) is 5.95. The molecule has 0 aliphatic carbocycles. The second-order valence-electron chi connectivity index (χ2n) is 3.94. The quantitative estimate of drug-likeness (QED) is 0.811. The molecule has 0 atom stereocenters. The molecule has 0 bridgehead atoms. The van der Waals surface area contributed by atoms with Gasteiger partial charge in [0.2, 0.25) is 0 Å². The van der Waals surface area contributed by atoms with Crippen molar-refractivity contribution in [2.75, 3.05) is 25.1 Å². The molecule has 0 radical (unpaired) electrons. The van der Waals surface area contributed by atoms with E-state index >= 15 is 0 Å². The fourth-order valence-corrected chi connectivity index (χ4v) is 1.89. The number of carbonyl (C=O) groups excluding carboxylic acids is 1. The molecule has 0 fully saturated rings. The fraction of sp³-hybridized carbons (Fsp3) is 0.462. The highest BCUT2D eigenvalue weighted by Crippen LogP contribution is 2.26. The molecular formula is C13H17NO3. The van der Waals surface area contributed by atoms with Crippen LogP contribution in [0.25, 0.3) is 0 Å². The Hall–Kier alpha value is -1.71. The van der Waals surface area contributed by atoms with E-state index in [1.54, 1.807) is 6.92 Å². The zero-order chi connectivity index (χ0) is 12.1. The topological polar surface area (TPSA) is 47.6 Å². The van der Waals surface area contributed by atoms with Gasteiger partial charge >= 0.3 is 5.97 Å². The molecule has 92 valence electrons. The monoisotopic (exact) mass is 235 g/mol. The molecule has 1 heterocycles. The van der Waals surface area contributed by atoms with Gasteiger partial charge in [-0.25, -0.2) is 4.79 Å². The molecular weight excluding hydrogens is 218 g/mol. The molecule has 0 unspecified atom stereocenters. The van der Waals surface area contributed by atoms with Crippen LogP contribution in [-0.4, -0.2) is 25.7 Å². The van der Waals surface area contributed by atoms with Crippen LogP contribution in [0.4, 0.5) is 5.69 Å². The molecule has 0 spiro atoms. The van der Waals surface area contributed by atoms with E-state index < -0.39 is 0 Å². The summed E-state index contributed by atoms with van der Waals surface area (Å²) in [6.07, 6.45) is 2.19. The normalized spacial score (nSPS) is 13.5. The summed E-state index contributed by atoms with van der Waals surface area (Å²) in [7, 11) is 0. The summed E-state index contributed by atoms with van der Waals surface area (Å²) >= 11 is 0. The third kappa shape index (κ3) is 3.12. The van der Waals surface area contributed by atoms with Crippen LogP contribution in [0.3, 0.4) is 0 Å². The van der Waals surface area contributed by atoms with E-state index in [-0.39, 0.29) is 12.6 Å². The molecule has 4 heteroatoms. The molecule has 0 aromatic heterocycles. The number of nitrogens with one attached hydrogen (secondary N) is 1. The molecule has 2 rings (SSSR count). The number of hydrogen-bond acceptors (Lipinski definition) is 4. The zero-order valence-electron chi connectivity index (χ0n) is 9.99. The molecule has 1 aliphatic heterocycles. The van der Waals surface area contributed by atoms with E-state index in [4.69, 9.17) is 9.47 Å². The van der Waals surface area contributed by atoms with Crippen molar-refractivity contribution in [2.45, 2.75) is 19.8 Å². The summed E-state index contributed by atoms with van der Waals surface area (Å²) in [5, 5.41) is 3.33. The average molecular weight is 235 g/mol. The third-order valence-corrected chi connectivity index (χ3v) is 2.68. The maximum atomic E-state index is 11.1. The lowest BCUT2D eigenvalue weighted by Crippen LogP contribution is -2.15. The lowest BCUT2D eigenvalue weighted by Gasteiger charge is -2.18. The summed E-state index contributed by atoms with van der Waals surface area (Å²) in [4.78, 5) is 11.1. The Bertz CT molecular complexity index is 404. The second-order valence-corrected chi connectivity index (χ2v) is 3.94. The Kier molecular flexibility index (Phi) is 3.85. The molecule has 0 amide bonds. The van der Waals surface area contributed by atoms with Gasteiger partial charge in [0.25, 0.3) is 0 Å². The Balaban J connectivity index is 1.95. The van der Waals surface area contributed by atoms with Gasteiger partial charge in [-0.3, -0.25) is 0 Å². The predicted octanol–water partition coefficient (Wildman–Crippen LogP) is 1.99. The van der Waals surface area contributed by atoms with Gasteiger partial charge in [0, 0.05) is 12.2 Å². The van der Waals surface area contributed by atoms with Crippen molar-refractivity contribution in [1.82, 2.24) is 0 Å². The van der Waals surface area contributed by atoms with Crippen LogP contribution >= 0.6 is 0 Å². The van der Waals surface area contributed by atoms with E-state index in [1.165, 1.54) is 11.3 Å². The first kappa shape index (κ1) is 11.8. The minimum atomic E-state index is -0.330. The van der Waals surface area contributed by atoms with Crippen molar-refractivity contribution in [3.05, 3.63) is 23.8 Å². The Labute approximate surface area is 101 Å². The number of aryl methyl sites for hydroxylation is 1. The number of benzene rings is 1. The average Bonchev–Trinajstić information content (AvgIpc) is 2.36. The highest BCUT2D eigenvalue weighted by molar-refractivity contribution is 5.71. The van der Waals surface area contributed by atoms with E-state index in [0.717, 1.165) is 25.1 Å².